The van der Waals surface area contributed by atoms with Crippen molar-refractivity contribution in [2.45, 2.75) is 69.7 Å². The first-order chi connectivity index (χ1) is 13.0. The van der Waals surface area contributed by atoms with Gasteiger partial charge in [-0.1, -0.05) is 42.6 Å². The molecule has 0 bridgehead atoms. The van der Waals surface area contributed by atoms with Gasteiger partial charge in [0, 0.05) is 36.4 Å². The summed E-state index contributed by atoms with van der Waals surface area (Å²) in [6.45, 7) is 4.88. The van der Waals surface area contributed by atoms with Crippen molar-refractivity contribution in [3.05, 3.63) is 34.9 Å². The van der Waals surface area contributed by atoms with Crippen LogP contribution in [0.3, 0.4) is 0 Å². The van der Waals surface area contributed by atoms with Gasteiger partial charge >= 0.3 is 0 Å². The maximum atomic E-state index is 12.7. The number of hydrogen-bond donors (Lipinski definition) is 1. The number of unbranched alkanes of at least 4 members (excludes halogenated alkanes) is 1. The third-order valence-corrected chi connectivity index (χ3v) is 6.56. The van der Waals surface area contributed by atoms with E-state index in [0.29, 0.717) is 5.02 Å². The van der Waals surface area contributed by atoms with Crippen LogP contribution in [0.5, 0.6) is 0 Å². The largest absolute Gasteiger partial charge is 0.396 e. The second-order valence-electron chi connectivity index (χ2n) is 7.39. The summed E-state index contributed by atoms with van der Waals surface area (Å²) in [6, 6.07) is 8.01. The van der Waals surface area contributed by atoms with Gasteiger partial charge in [0.15, 0.2) is 0 Å². The van der Waals surface area contributed by atoms with Crippen molar-refractivity contribution in [3.63, 3.8) is 0 Å². The van der Waals surface area contributed by atoms with Crippen LogP contribution in [0.15, 0.2) is 24.3 Å². The lowest BCUT2D eigenvalue weighted by Crippen LogP contribution is -2.46. The Kier molecular flexibility index (Phi) is 9.43. The molecule has 0 spiro atoms. The molecule has 1 fully saturated rings. The van der Waals surface area contributed by atoms with Gasteiger partial charge in [-0.3, -0.25) is 9.10 Å². The lowest BCUT2D eigenvalue weighted by molar-refractivity contribution is -0.134. The number of amides is 1. The number of carbonyl (C=O) groups is 1. The van der Waals surface area contributed by atoms with E-state index in [0.717, 1.165) is 43.0 Å². The maximum Gasteiger partial charge on any atom is 0.220 e. The van der Waals surface area contributed by atoms with Gasteiger partial charge in [0.2, 0.25) is 5.91 Å². The van der Waals surface area contributed by atoms with Crippen molar-refractivity contribution < 1.29 is 9.90 Å². The van der Waals surface area contributed by atoms with E-state index in [9.17, 15) is 9.90 Å². The molecule has 6 heteroatoms. The summed E-state index contributed by atoms with van der Waals surface area (Å²) in [5.41, 5.74) is 1.11. The topological polar surface area (TPSA) is 43.8 Å². The Morgan fingerprint density at radius 3 is 2.48 bits per heavy atom. The van der Waals surface area contributed by atoms with Crippen molar-refractivity contribution in [2.75, 3.05) is 20.2 Å². The minimum atomic E-state index is 0.00981. The van der Waals surface area contributed by atoms with Crippen LogP contribution < -0.4 is 0 Å². The fourth-order valence-electron chi connectivity index (χ4n) is 3.51. The molecular weight excluding hydrogens is 380 g/mol. The van der Waals surface area contributed by atoms with Gasteiger partial charge in [-0.05, 0) is 63.3 Å². The first kappa shape index (κ1) is 22.5. The van der Waals surface area contributed by atoms with E-state index in [2.05, 4.69) is 23.2 Å². The molecule has 0 aromatic heterocycles. The highest BCUT2D eigenvalue weighted by atomic mass is 35.5. The summed E-state index contributed by atoms with van der Waals surface area (Å²) in [5.74, 6) is 0.107. The van der Waals surface area contributed by atoms with Gasteiger partial charge in [-0.2, -0.15) is 0 Å². The van der Waals surface area contributed by atoms with Gasteiger partial charge in [0.05, 0.1) is 6.04 Å². The quantitative estimate of drug-likeness (QED) is 0.391. The molecule has 1 aliphatic rings. The first-order valence-electron chi connectivity index (χ1n) is 9.99. The Morgan fingerprint density at radius 2 is 1.96 bits per heavy atom. The second kappa shape index (κ2) is 11.3. The molecule has 27 heavy (non-hydrogen) atoms. The van der Waals surface area contributed by atoms with E-state index < -0.39 is 0 Å². The minimum absolute atomic E-state index is 0.00981. The van der Waals surface area contributed by atoms with E-state index >= 15 is 0 Å². The standard InChI is InChI=1S/C21H33ClN2O2S/c1-4-19(15-23(3)27-20-12-13-20)24(16(2)26)21(7-5-6-14-25)17-8-10-18(22)11-9-17/h8-11,19-21,25H,4-7,12-15H2,1-3H3. The number of nitrogens with zero attached hydrogens (tertiary/aromatic N) is 2. The van der Waals surface area contributed by atoms with Crippen LogP contribution >= 0.6 is 23.5 Å². The fourth-order valence-corrected chi connectivity index (χ4v) is 4.75. The minimum Gasteiger partial charge on any atom is -0.396 e. The van der Waals surface area contributed by atoms with E-state index in [1.54, 1.807) is 6.92 Å². The monoisotopic (exact) mass is 412 g/mol. The number of aliphatic hydroxyl groups excluding tert-OH is 1. The Balaban J connectivity index is 2.20. The number of hydrogen-bond acceptors (Lipinski definition) is 4. The number of carbonyl (C=O) groups excluding carboxylic acids is 1. The summed E-state index contributed by atoms with van der Waals surface area (Å²) in [6.07, 6.45) is 6.01. The Bertz CT molecular complexity index is 580. The van der Waals surface area contributed by atoms with E-state index in [-0.39, 0.29) is 24.6 Å². The van der Waals surface area contributed by atoms with E-state index in [1.165, 1.54) is 12.8 Å². The van der Waals surface area contributed by atoms with Crippen LogP contribution in [0, 0.1) is 0 Å². The molecule has 2 rings (SSSR count). The number of rotatable bonds is 12. The zero-order chi connectivity index (χ0) is 19.8. The van der Waals surface area contributed by atoms with Gasteiger partial charge in [-0.25, -0.2) is 0 Å². The third kappa shape index (κ3) is 7.30. The van der Waals surface area contributed by atoms with Gasteiger partial charge in [-0.15, -0.1) is 0 Å². The zero-order valence-corrected chi connectivity index (χ0v) is 18.3. The molecule has 1 aromatic carbocycles. The smallest absolute Gasteiger partial charge is 0.220 e. The molecule has 1 aromatic rings. The number of benzene rings is 1. The van der Waals surface area contributed by atoms with Crippen molar-refractivity contribution >= 4 is 29.5 Å². The molecule has 2 atom stereocenters. The van der Waals surface area contributed by atoms with Crippen LogP contribution in [0.4, 0.5) is 0 Å². The van der Waals surface area contributed by atoms with Crippen molar-refractivity contribution in [1.29, 1.82) is 0 Å². The zero-order valence-electron chi connectivity index (χ0n) is 16.7. The number of likely N-dealkylation sites (N-methyl/N-ethyl adjacent to an activating group) is 1. The molecule has 0 radical (unpaired) electrons. The van der Waals surface area contributed by atoms with E-state index in [1.807, 2.05) is 36.2 Å². The highest BCUT2D eigenvalue weighted by Crippen LogP contribution is 2.36. The molecular formula is C21H33ClN2O2S. The summed E-state index contributed by atoms with van der Waals surface area (Å²) < 4.78 is 2.30. The summed E-state index contributed by atoms with van der Waals surface area (Å²) in [5, 5.41) is 10.7. The maximum absolute atomic E-state index is 12.7. The average Bonchev–Trinajstić information content (AvgIpc) is 3.44. The molecule has 0 heterocycles. The fraction of sp³-hybridized carbons (Fsp3) is 0.667. The van der Waals surface area contributed by atoms with Crippen LogP contribution in [0.1, 0.15) is 64.0 Å². The average molecular weight is 413 g/mol. The van der Waals surface area contributed by atoms with E-state index in [4.69, 9.17) is 11.6 Å². The van der Waals surface area contributed by atoms with Crippen LogP contribution in [-0.2, 0) is 4.79 Å². The predicted molar refractivity (Wildman–Crippen MR) is 115 cm³/mol. The highest BCUT2D eigenvalue weighted by Gasteiger charge is 2.31. The molecule has 0 saturated heterocycles. The van der Waals surface area contributed by atoms with Gasteiger partial charge < -0.3 is 10.0 Å². The summed E-state index contributed by atoms with van der Waals surface area (Å²) >= 11 is 7.99. The molecule has 1 saturated carbocycles. The highest BCUT2D eigenvalue weighted by molar-refractivity contribution is 7.97. The Labute approximate surface area is 173 Å². The number of halogens is 1. The van der Waals surface area contributed by atoms with Crippen molar-refractivity contribution in [3.8, 4) is 0 Å². The van der Waals surface area contributed by atoms with Crippen molar-refractivity contribution in [2.24, 2.45) is 0 Å². The molecule has 2 unspecified atom stereocenters. The number of aliphatic hydroxyl groups is 1. The van der Waals surface area contributed by atoms with Crippen molar-refractivity contribution in [1.82, 2.24) is 9.21 Å². The normalized spacial score (nSPS) is 16.4. The van der Waals surface area contributed by atoms with Crippen LogP contribution in [0.25, 0.3) is 0 Å². The lowest BCUT2D eigenvalue weighted by Gasteiger charge is -2.39. The SMILES string of the molecule is CCC(CN(C)SC1CC1)N(C(C)=O)C(CCCCO)c1ccc(Cl)cc1. The van der Waals surface area contributed by atoms with Crippen LogP contribution in [0.2, 0.25) is 5.02 Å². The molecule has 1 N–H and O–H groups in total. The predicted octanol–water partition coefficient (Wildman–Crippen LogP) is 4.91. The lowest BCUT2D eigenvalue weighted by atomic mass is 9.96. The molecule has 1 aliphatic carbocycles. The van der Waals surface area contributed by atoms with Gasteiger partial charge in [0.25, 0.3) is 0 Å². The van der Waals surface area contributed by atoms with Gasteiger partial charge in [0.1, 0.15) is 0 Å². The Morgan fingerprint density at radius 1 is 1.30 bits per heavy atom. The summed E-state index contributed by atoms with van der Waals surface area (Å²) in [4.78, 5) is 14.8. The molecule has 0 aliphatic heterocycles. The Hall–Kier alpha value is -0.750. The molecule has 152 valence electrons. The van der Waals surface area contributed by atoms with Crippen LogP contribution in [-0.4, -0.2) is 51.7 Å². The summed E-state index contributed by atoms with van der Waals surface area (Å²) in [7, 11) is 2.13. The molecule has 4 nitrogen and oxygen atoms in total. The molecule has 1 amide bonds. The third-order valence-electron chi connectivity index (χ3n) is 5.03. The second-order valence-corrected chi connectivity index (χ2v) is 9.33. The first-order valence-corrected chi connectivity index (χ1v) is 11.2.